The standard InChI is InChI=1S/C11H11ClN4OS3/c1-6(19-11-16-15-10(18-2)20-11)9(17)14-8-4-3-7(12)5-13-8/h3-6H,1-2H3,(H,13,14,17). The van der Waals surface area contributed by atoms with E-state index in [1.807, 2.05) is 13.2 Å². The molecule has 0 bridgehead atoms. The molecule has 9 heteroatoms. The third-order valence-corrected chi connectivity index (χ3v) is 5.49. The summed E-state index contributed by atoms with van der Waals surface area (Å²) in [5.74, 6) is 0.347. The molecule has 20 heavy (non-hydrogen) atoms. The molecule has 0 aliphatic heterocycles. The van der Waals surface area contributed by atoms with Crippen molar-refractivity contribution in [3.8, 4) is 0 Å². The molecule has 106 valence electrons. The monoisotopic (exact) mass is 346 g/mol. The Kier molecular flexibility index (Phi) is 5.64. The van der Waals surface area contributed by atoms with Crippen LogP contribution in [0.15, 0.2) is 27.0 Å². The van der Waals surface area contributed by atoms with Crippen LogP contribution in [0.25, 0.3) is 0 Å². The molecule has 0 aliphatic carbocycles. The van der Waals surface area contributed by atoms with Crippen molar-refractivity contribution in [2.24, 2.45) is 0 Å². The van der Waals surface area contributed by atoms with E-state index < -0.39 is 0 Å². The van der Waals surface area contributed by atoms with Crippen LogP contribution in [-0.2, 0) is 4.79 Å². The van der Waals surface area contributed by atoms with Crippen molar-refractivity contribution in [3.05, 3.63) is 23.4 Å². The Balaban J connectivity index is 1.93. The van der Waals surface area contributed by atoms with Crippen molar-refractivity contribution >= 4 is 58.2 Å². The van der Waals surface area contributed by atoms with Crippen LogP contribution in [0.1, 0.15) is 6.92 Å². The predicted molar refractivity (Wildman–Crippen MR) is 84.9 cm³/mol. The third kappa shape index (κ3) is 4.34. The lowest BCUT2D eigenvalue weighted by Gasteiger charge is -2.09. The van der Waals surface area contributed by atoms with Gasteiger partial charge in [-0.15, -0.1) is 10.2 Å². The first-order chi connectivity index (χ1) is 9.58. The first-order valence-electron chi connectivity index (χ1n) is 5.55. The van der Waals surface area contributed by atoms with Gasteiger partial charge in [0, 0.05) is 6.20 Å². The second kappa shape index (κ2) is 7.26. The molecular formula is C11H11ClN4OS3. The van der Waals surface area contributed by atoms with Crippen LogP contribution in [0.5, 0.6) is 0 Å². The number of pyridine rings is 1. The van der Waals surface area contributed by atoms with Gasteiger partial charge >= 0.3 is 0 Å². The minimum Gasteiger partial charge on any atom is -0.310 e. The highest BCUT2D eigenvalue weighted by Crippen LogP contribution is 2.30. The second-order valence-electron chi connectivity index (χ2n) is 3.65. The largest absolute Gasteiger partial charge is 0.310 e. The Labute approximate surface area is 133 Å². The molecule has 0 fully saturated rings. The Bertz CT molecular complexity index is 590. The minimum atomic E-state index is -0.282. The van der Waals surface area contributed by atoms with Crippen molar-refractivity contribution in [2.75, 3.05) is 11.6 Å². The molecule has 0 saturated carbocycles. The van der Waals surface area contributed by atoms with Gasteiger partial charge in [0.25, 0.3) is 0 Å². The molecule has 0 radical (unpaired) electrons. The van der Waals surface area contributed by atoms with E-state index in [4.69, 9.17) is 11.6 Å². The van der Waals surface area contributed by atoms with Crippen LogP contribution in [0, 0.1) is 0 Å². The van der Waals surface area contributed by atoms with E-state index in [2.05, 4.69) is 20.5 Å². The van der Waals surface area contributed by atoms with E-state index in [1.54, 1.807) is 12.1 Å². The van der Waals surface area contributed by atoms with Crippen LogP contribution >= 0.6 is 46.5 Å². The number of hydrogen-bond donors (Lipinski definition) is 1. The maximum atomic E-state index is 12.0. The van der Waals surface area contributed by atoms with E-state index >= 15 is 0 Å². The molecule has 1 unspecified atom stereocenters. The van der Waals surface area contributed by atoms with E-state index in [0.29, 0.717) is 10.8 Å². The highest BCUT2D eigenvalue weighted by Gasteiger charge is 2.17. The maximum Gasteiger partial charge on any atom is 0.238 e. The molecule has 1 atom stereocenters. The summed E-state index contributed by atoms with van der Waals surface area (Å²) in [7, 11) is 0. The van der Waals surface area contributed by atoms with Gasteiger partial charge in [-0.25, -0.2) is 4.98 Å². The van der Waals surface area contributed by atoms with E-state index in [0.717, 1.165) is 8.68 Å². The lowest BCUT2D eigenvalue weighted by molar-refractivity contribution is -0.115. The number of carbonyl (C=O) groups is 1. The summed E-state index contributed by atoms with van der Waals surface area (Å²) in [6, 6.07) is 3.34. The highest BCUT2D eigenvalue weighted by molar-refractivity contribution is 8.03. The van der Waals surface area contributed by atoms with Gasteiger partial charge in [-0.3, -0.25) is 4.79 Å². The summed E-state index contributed by atoms with van der Waals surface area (Å²) >= 11 is 10.1. The van der Waals surface area contributed by atoms with Crippen LogP contribution < -0.4 is 5.32 Å². The van der Waals surface area contributed by atoms with Gasteiger partial charge in [0.1, 0.15) is 5.82 Å². The average Bonchev–Trinajstić information content (AvgIpc) is 2.89. The number of nitrogens with zero attached hydrogens (tertiary/aromatic N) is 3. The Morgan fingerprint density at radius 2 is 2.15 bits per heavy atom. The van der Waals surface area contributed by atoms with Crippen molar-refractivity contribution in [2.45, 2.75) is 20.9 Å². The average molecular weight is 347 g/mol. The van der Waals surface area contributed by atoms with Crippen molar-refractivity contribution in [1.29, 1.82) is 0 Å². The van der Waals surface area contributed by atoms with Crippen molar-refractivity contribution in [3.63, 3.8) is 0 Å². The highest BCUT2D eigenvalue weighted by atomic mass is 35.5. The topological polar surface area (TPSA) is 67.8 Å². The summed E-state index contributed by atoms with van der Waals surface area (Å²) in [5.41, 5.74) is 0. The molecule has 2 aromatic rings. The summed E-state index contributed by atoms with van der Waals surface area (Å²) < 4.78 is 1.67. The van der Waals surface area contributed by atoms with Gasteiger partial charge in [-0.2, -0.15) is 0 Å². The number of amides is 1. The summed E-state index contributed by atoms with van der Waals surface area (Å²) in [5, 5.41) is 11.0. The Morgan fingerprint density at radius 3 is 2.75 bits per heavy atom. The molecule has 1 amide bonds. The fraction of sp³-hybridized carbons (Fsp3) is 0.273. The third-order valence-electron chi connectivity index (χ3n) is 2.19. The van der Waals surface area contributed by atoms with Gasteiger partial charge in [-0.05, 0) is 25.3 Å². The van der Waals surface area contributed by atoms with Crippen LogP contribution in [0.2, 0.25) is 5.02 Å². The number of hydrogen-bond acceptors (Lipinski definition) is 7. The van der Waals surface area contributed by atoms with Gasteiger partial charge < -0.3 is 5.32 Å². The van der Waals surface area contributed by atoms with Crippen LogP contribution in [0.4, 0.5) is 5.82 Å². The summed E-state index contributed by atoms with van der Waals surface area (Å²) in [4.78, 5) is 16.0. The molecular weight excluding hydrogens is 336 g/mol. The lowest BCUT2D eigenvalue weighted by Crippen LogP contribution is -2.22. The smallest absolute Gasteiger partial charge is 0.238 e. The van der Waals surface area contributed by atoms with Crippen molar-refractivity contribution in [1.82, 2.24) is 15.2 Å². The summed E-state index contributed by atoms with van der Waals surface area (Å²) in [6.45, 7) is 1.82. The molecule has 2 aromatic heterocycles. The number of anilines is 1. The first kappa shape index (κ1) is 15.6. The normalized spacial score (nSPS) is 12.2. The zero-order valence-electron chi connectivity index (χ0n) is 10.7. The molecule has 5 nitrogen and oxygen atoms in total. The molecule has 0 aliphatic rings. The number of carbonyl (C=O) groups excluding carboxylic acids is 1. The number of thioether (sulfide) groups is 2. The zero-order valence-corrected chi connectivity index (χ0v) is 13.9. The van der Waals surface area contributed by atoms with Gasteiger partial charge in [0.15, 0.2) is 8.68 Å². The number of aromatic nitrogens is 3. The number of rotatable bonds is 5. The second-order valence-corrected chi connectivity index (χ2v) is 7.70. The fourth-order valence-electron chi connectivity index (χ4n) is 1.21. The minimum absolute atomic E-state index is 0.134. The Morgan fingerprint density at radius 1 is 1.40 bits per heavy atom. The SMILES string of the molecule is CSc1nnc(SC(C)C(=O)Nc2ccc(Cl)cn2)s1. The lowest BCUT2D eigenvalue weighted by atomic mass is 10.4. The van der Waals surface area contributed by atoms with Crippen LogP contribution in [-0.4, -0.2) is 32.6 Å². The molecule has 2 heterocycles. The van der Waals surface area contributed by atoms with Gasteiger partial charge in [0.05, 0.1) is 10.3 Å². The molecule has 0 spiro atoms. The molecule has 0 aromatic carbocycles. The van der Waals surface area contributed by atoms with Crippen molar-refractivity contribution < 1.29 is 4.79 Å². The first-order valence-corrected chi connectivity index (χ1v) is 8.85. The van der Waals surface area contributed by atoms with E-state index in [1.165, 1.54) is 41.1 Å². The predicted octanol–water partition coefficient (Wildman–Crippen LogP) is 3.43. The van der Waals surface area contributed by atoms with E-state index in [-0.39, 0.29) is 11.2 Å². The Hall–Kier alpha value is -0.830. The number of nitrogens with one attached hydrogen (secondary N) is 1. The summed E-state index contributed by atoms with van der Waals surface area (Å²) in [6.07, 6.45) is 3.43. The fourth-order valence-corrected chi connectivity index (χ4v) is 3.90. The van der Waals surface area contributed by atoms with Gasteiger partial charge in [-0.1, -0.05) is 46.5 Å². The number of halogens is 1. The van der Waals surface area contributed by atoms with E-state index in [9.17, 15) is 4.79 Å². The molecule has 2 rings (SSSR count). The molecule has 1 N–H and O–H groups in total. The molecule has 0 saturated heterocycles. The zero-order chi connectivity index (χ0) is 14.5. The van der Waals surface area contributed by atoms with Gasteiger partial charge in [0.2, 0.25) is 5.91 Å². The quantitative estimate of drug-likeness (QED) is 0.836. The maximum absolute atomic E-state index is 12.0. The van der Waals surface area contributed by atoms with Crippen LogP contribution in [0.3, 0.4) is 0 Å².